The molecule has 1 unspecified atom stereocenters. The predicted molar refractivity (Wildman–Crippen MR) is 139 cm³/mol. The Morgan fingerprint density at radius 1 is 0.943 bits per heavy atom. The minimum atomic E-state index is -1.01. The summed E-state index contributed by atoms with van der Waals surface area (Å²) in [5.41, 5.74) is 1.65. The van der Waals surface area contributed by atoms with Crippen LogP contribution in [-0.2, 0) is 10.5 Å². The maximum absolute atomic E-state index is 13.0. The molecule has 0 aliphatic rings. The SMILES string of the molecule is CCC(Sc1nnc(CSc2ccccc2)n1-c1ccccc1)C(=O)Nc1ccc(C(=O)O)cc1. The summed E-state index contributed by atoms with van der Waals surface area (Å²) in [6.07, 6.45) is 0.583. The number of nitrogens with zero attached hydrogens (tertiary/aromatic N) is 3. The molecule has 0 saturated heterocycles. The normalized spacial score (nSPS) is 11.7. The molecule has 1 heterocycles. The number of aromatic nitrogens is 3. The van der Waals surface area contributed by atoms with Crippen molar-refractivity contribution < 1.29 is 14.7 Å². The van der Waals surface area contributed by atoms with E-state index in [2.05, 4.69) is 27.6 Å². The number of thioether (sulfide) groups is 2. The van der Waals surface area contributed by atoms with E-state index in [1.165, 1.54) is 23.9 Å². The molecule has 4 rings (SSSR count). The van der Waals surface area contributed by atoms with Crippen LogP contribution in [0.4, 0.5) is 5.69 Å². The van der Waals surface area contributed by atoms with Crippen molar-refractivity contribution in [2.75, 3.05) is 5.32 Å². The quantitative estimate of drug-likeness (QED) is 0.265. The first-order valence-corrected chi connectivity index (χ1v) is 12.9. The van der Waals surface area contributed by atoms with Crippen LogP contribution in [-0.4, -0.2) is 37.0 Å². The number of para-hydroxylation sites is 1. The summed E-state index contributed by atoms with van der Waals surface area (Å²) in [5.74, 6) is 0.243. The fourth-order valence-electron chi connectivity index (χ4n) is 3.34. The lowest BCUT2D eigenvalue weighted by molar-refractivity contribution is -0.115. The summed E-state index contributed by atoms with van der Waals surface area (Å²) in [5, 5.41) is 21.1. The van der Waals surface area contributed by atoms with Crippen LogP contribution in [0, 0.1) is 0 Å². The van der Waals surface area contributed by atoms with Crippen molar-refractivity contribution in [3.05, 3.63) is 96.3 Å². The number of carbonyl (C=O) groups excluding carboxylic acids is 1. The van der Waals surface area contributed by atoms with Gasteiger partial charge in [0.15, 0.2) is 5.16 Å². The molecule has 0 spiro atoms. The highest BCUT2D eigenvalue weighted by atomic mass is 32.2. The van der Waals surface area contributed by atoms with E-state index in [1.54, 1.807) is 23.9 Å². The van der Waals surface area contributed by atoms with Gasteiger partial charge < -0.3 is 10.4 Å². The molecule has 178 valence electrons. The van der Waals surface area contributed by atoms with Gasteiger partial charge in [-0.2, -0.15) is 0 Å². The third-order valence-electron chi connectivity index (χ3n) is 5.14. The highest BCUT2D eigenvalue weighted by Crippen LogP contribution is 2.30. The van der Waals surface area contributed by atoms with E-state index in [1.807, 2.05) is 60.0 Å². The summed E-state index contributed by atoms with van der Waals surface area (Å²) in [4.78, 5) is 25.2. The van der Waals surface area contributed by atoms with Crippen LogP contribution in [0.3, 0.4) is 0 Å². The van der Waals surface area contributed by atoms with Gasteiger partial charge in [0.05, 0.1) is 16.6 Å². The minimum absolute atomic E-state index is 0.168. The number of anilines is 1. The Bertz CT molecular complexity index is 1280. The molecule has 35 heavy (non-hydrogen) atoms. The van der Waals surface area contributed by atoms with Gasteiger partial charge in [0.1, 0.15) is 5.82 Å². The zero-order valence-corrected chi connectivity index (χ0v) is 20.6. The number of rotatable bonds is 10. The number of nitrogens with one attached hydrogen (secondary N) is 1. The third-order valence-corrected chi connectivity index (χ3v) is 7.45. The maximum atomic E-state index is 13.0. The number of carboxylic acid groups (broad SMARTS) is 1. The van der Waals surface area contributed by atoms with E-state index < -0.39 is 11.2 Å². The molecule has 1 aromatic heterocycles. The van der Waals surface area contributed by atoms with Gasteiger partial charge in [0.25, 0.3) is 0 Å². The average molecular weight is 505 g/mol. The van der Waals surface area contributed by atoms with Crippen molar-refractivity contribution in [1.82, 2.24) is 14.8 Å². The van der Waals surface area contributed by atoms with E-state index in [4.69, 9.17) is 5.11 Å². The van der Waals surface area contributed by atoms with Crippen molar-refractivity contribution >= 4 is 41.1 Å². The molecule has 2 N–H and O–H groups in total. The zero-order valence-electron chi connectivity index (χ0n) is 19.0. The van der Waals surface area contributed by atoms with Crippen molar-refractivity contribution in [2.24, 2.45) is 0 Å². The van der Waals surface area contributed by atoms with E-state index in [-0.39, 0.29) is 11.5 Å². The van der Waals surface area contributed by atoms with Crippen LogP contribution in [0.5, 0.6) is 0 Å². The van der Waals surface area contributed by atoms with Crippen molar-refractivity contribution in [3.8, 4) is 5.69 Å². The van der Waals surface area contributed by atoms with Gasteiger partial charge in [0.2, 0.25) is 5.91 Å². The zero-order chi connectivity index (χ0) is 24.6. The van der Waals surface area contributed by atoms with Gasteiger partial charge in [0, 0.05) is 16.3 Å². The van der Waals surface area contributed by atoms with Crippen molar-refractivity contribution in [2.45, 2.75) is 34.4 Å². The van der Waals surface area contributed by atoms with Crippen LogP contribution in [0.15, 0.2) is 95.0 Å². The summed E-state index contributed by atoms with van der Waals surface area (Å²) in [7, 11) is 0. The fraction of sp³-hybridized carbons (Fsp3) is 0.154. The Morgan fingerprint density at radius 3 is 2.23 bits per heavy atom. The lowest BCUT2D eigenvalue weighted by Crippen LogP contribution is -2.25. The number of carbonyl (C=O) groups is 2. The van der Waals surface area contributed by atoms with Crippen molar-refractivity contribution in [3.63, 3.8) is 0 Å². The van der Waals surface area contributed by atoms with E-state index in [9.17, 15) is 9.59 Å². The number of carboxylic acids is 1. The third kappa shape index (κ3) is 6.32. The highest BCUT2D eigenvalue weighted by Gasteiger charge is 2.23. The van der Waals surface area contributed by atoms with Gasteiger partial charge in [-0.25, -0.2) is 4.79 Å². The largest absolute Gasteiger partial charge is 0.478 e. The first kappa shape index (κ1) is 24.6. The smallest absolute Gasteiger partial charge is 0.335 e. The lowest BCUT2D eigenvalue weighted by atomic mass is 10.2. The Hall–Kier alpha value is -3.56. The highest BCUT2D eigenvalue weighted by molar-refractivity contribution is 8.00. The lowest BCUT2D eigenvalue weighted by Gasteiger charge is -2.16. The van der Waals surface area contributed by atoms with E-state index >= 15 is 0 Å². The van der Waals surface area contributed by atoms with Gasteiger partial charge in [-0.1, -0.05) is 55.1 Å². The Labute approximate surface area is 212 Å². The fourth-order valence-corrected chi connectivity index (χ4v) is 5.16. The monoisotopic (exact) mass is 504 g/mol. The van der Waals surface area contributed by atoms with E-state index in [0.29, 0.717) is 23.0 Å². The first-order valence-electron chi connectivity index (χ1n) is 11.0. The second-order valence-electron chi connectivity index (χ2n) is 7.56. The number of hydrogen-bond donors (Lipinski definition) is 2. The number of amides is 1. The molecule has 0 fully saturated rings. The molecule has 1 amide bonds. The summed E-state index contributed by atoms with van der Waals surface area (Å²) in [6, 6.07) is 26.1. The number of benzene rings is 3. The average Bonchev–Trinajstić information content (AvgIpc) is 3.29. The van der Waals surface area contributed by atoms with Gasteiger partial charge >= 0.3 is 5.97 Å². The molecule has 0 aliphatic heterocycles. The molecule has 7 nitrogen and oxygen atoms in total. The standard InChI is InChI=1S/C26H24N4O3S2/c1-2-22(24(31)27-19-15-13-18(14-16-19)25(32)33)35-26-29-28-23(17-34-21-11-7-4-8-12-21)30(26)20-9-5-3-6-10-20/h3-16,22H,2,17H2,1H3,(H,27,31)(H,32,33). The minimum Gasteiger partial charge on any atom is -0.478 e. The van der Waals surface area contributed by atoms with Gasteiger partial charge in [-0.3, -0.25) is 9.36 Å². The topological polar surface area (TPSA) is 97.1 Å². The maximum Gasteiger partial charge on any atom is 0.335 e. The van der Waals surface area contributed by atoms with Crippen LogP contribution < -0.4 is 5.32 Å². The second-order valence-corrected chi connectivity index (χ2v) is 9.78. The number of aromatic carboxylic acids is 1. The molecular weight excluding hydrogens is 480 g/mol. The molecule has 0 bridgehead atoms. The Kier molecular flexibility index (Phi) is 8.23. The Morgan fingerprint density at radius 2 is 1.60 bits per heavy atom. The molecular formula is C26H24N4O3S2. The predicted octanol–water partition coefficient (Wildman–Crippen LogP) is 5.77. The molecule has 0 radical (unpaired) electrons. The summed E-state index contributed by atoms with van der Waals surface area (Å²) in [6.45, 7) is 1.94. The molecule has 1 atom stereocenters. The molecule has 0 saturated carbocycles. The molecule has 3 aromatic carbocycles. The second kappa shape index (κ2) is 11.7. The summed E-state index contributed by atoms with van der Waals surface area (Å²) < 4.78 is 2.00. The first-order chi connectivity index (χ1) is 17.0. The van der Waals surface area contributed by atoms with Gasteiger partial charge in [-0.05, 0) is 55.0 Å². The van der Waals surface area contributed by atoms with Crippen LogP contribution >= 0.6 is 23.5 Å². The van der Waals surface area contributed by atoms with Gasteiger partial charge in [-0.15, -0.1) is 22.0 Å². The molecule has 0 aliphatic carbocycles. The molecule has 4 aromatic rings. The van der Waals surface area contributed by atoms with Crippen LogP contribution in [0.2, 0.25) is 0 Å². The summed E-state index contributed by atoms with van der Waals surface area (Å²) >= 11 is 3.04. The number of hydrogen-bond acceptors (Lipinski definition) is 6. The Balaban J connectivity index is 1.53. The van der Waals surface area contributed by atoms with Crippen molar-refractivity contribution in [1.29, 1.82) is 0 Å². The van der Waals surface area contributed by atoms with E-state index in [0.717, 1.165) is 16.4 Å². The molecule has 9 heteroatoms. The van der Waals surface area contributed by atoms with Crippen LogP contribution in [0.25, 0.3) is 5.69 Å². The van der Waals surface area contributed by atoms with Crippen LogP contribution in [0.1, 0.15) is 29.5 Å².